The molecule has 0 fully saturated rings. The maximum atomic E-state index is 12.6. The van der Waals surface area contributed by atoms with Gasteiger partial charge in [-0.1, -0.05) is 24.3 Å². The van der Waals surface area contributed by atoms with E-state index in [-0.39, 0.29) is 5.91 Å². The van der Waals surface area contributed by atoms with Gasteiger partial charge in [-0.3, -0.25) is 4.79 Å². The van der Waals surface area contributed by atoms with E-state index in [4.69, 9.17) is 9.47 Å². The number of H-pyrrole nitrogens is 1. The number of aryl methyl sites for hydroxylation is 1. The van der Waals surface area contributed by atoms with E-state index in [0.717, 1.165) is 39.0 Å². The van der Waals surface area contributed by atoms with Crippen molar-refractivity contribution in [1.82, 2.24) is 15.3 Å². The molecule has 2 N–H and O–H groups in total. The van der Waals surface area contributed by atoms with E-state index in [1.165, 1.54) is 0 Å². The molecule has 6 nitrogen and oxygen atoms in total. The number of carbonyl (C=O) groups excluding carboxylic acids is 1. The number of para-hydroxylation sites is 1. The van der Waals surface area contributed by atoms with Crippen molar-refractivity contribution in [3.63, 3.8) is 0 Å². The number of rotatable bonds is 8. The predicted octanol–water partition coefficient (Wildman–Crippen LogP) is 4.50. The summed E-state index contributed by atoms with van der Waals surface area (Å²) in [7, 11) is 3.23. The number of aromatic nitrogens is 2. The van der Waals surface area contributed by atoms with Crippen LogP contribution >= 0.6 is 0 Å². The van der Waals surface area contributed by atoms with Crippen molar-refractivity contribution in [2.75, 3.05) is 14.2 Å². The third kappa shape index (κ3) is 4.53. The van der Waals surface area contributed by atoms with Gasteiger partial charge in [0, 0.05) is 41.3 Å². The van der Waals surface area contributed by atoms with Gasteiger partial charge in [0.25, 0.3) is 0 Å². The Labute approximate surface area is 181 Å². The topological polar surface area (TPSA) is 76.2 Å². The lowest BCUT2D eigenvalue weighted by Crippen LogP contribution is -2.23. The van der Waals surface area contributed by atoms with E-state index >= 15 is 0 Å². The molecule has 6 heteroatoms. The fraction of sp³-hybridized carbons (Fsp3) is 0.200. The molecule has 0 aliphatic rings. The highest BCUT2D eigenvalue weighted by Gasteiger charge is 2.15. The van der Waals surface area contributed by atoms with Gasteiger partial charge in [0.15, 0.2) is 0 Å². The molecule has 0 aliphatic heterocycles. The molecule has 31 heavy (non-hydrogen) atoms. The number of nitrogens with one attached hydrogen (secondary N) is 2. The second kappa shape index (κ2) is 9.34. The van der Waals surface area contributed by atoms with Crippen LogP contribution in [0.5, 0.6) is 11.6 Å². The van der Waals surface area contributed by atoms with Gasteiger partial charge in [-0.2, -0.15) is 0 Å². The van der Waals surface area contributed by atoms with E-state index in [2.05, 4.69) is 27.4 Å². The Morgan fingerprint density at radius 3 is 2.58 bits per heavy atom. The maximum Gasteiger partial charge on any atom is 0.220 e. The zero-order chi connectivity index (χ0) is 21.6. The van der Waals surface area contributed by atoms with Crippen molar-refractivity contribution in [1.29, 1.82) is 0 Å². The minimum atomic E-state index is -0.0168. The van der Waals surface area contributed by atoms with Crippen LogP contribution < -0.4 is 14.8 Å². The van der Waals surface area contributed by atoms with Crippen molar-refractivity contribution < 1.29 is 14.3 Å². The Hall–Kier alpha value is -3.80. The van der Waals surface area contributed by atoms with Crippen LogP contribution in [0.1, 0.15) is 17.5 Å². The third-order valence-electron chi connectivity index (χ3n) is 5.31. The second-order valence-corrected chi connectivity index (χ2v) is 7.20. The predicted molar refractivity (Wildman–Crippen MR) is 121 cm³/mol. The van der Waals surface area contributed by atoms with Gasteiger partial charge in [-0.15, -0.1) is 0 Å². The zero-order valence-electron chi connectivity index (χ0n) is 17.6. The number of fused-ring (bicyclic) bond motifs is 1. The monoisotopic (exact) mass is 415 g/mol. The third-order valence-corrected chi connectivity index (χ3v) is 5.31. The Morgan fingerprint density at radius 2 is 1.81 bits per heavy atom. The first-order valence-electron chi connectivity index (χ1n) is 10.2. The van der Waals surface area contributed by atoms with Gasteiger partial charge in [0.2, 0.25) is 11.8 Å². The number of benzene rings is 2. The summed E-state index contributed by atoms with van der Waals surface area (Å²) in [4.78, 5) is 20.3. The van der Waals surface area contributed by atoms with Crippen LogP contribution in [0.15, 0.2) is 66.9 Å². The maximum absolute atomic E-state index is 12.6. The molecule has 4 rings (SSSR count). The minimum Gasteiger partial charge on any atom is -0.497 e. The molecule has 0 radical (unpaired) electrons. The molecule has 158 valence electrons. The van der Waals surface area contributed by atoms with Crippen molar-refractivity contribution in [2.45, 2.75) is 19.4 Å². The van der Waals surface area contributed by atoms with Crippen molar-refractivity contribution >= 4 is 16.8 Å². The Bertz CT molecular complexity index is 1180. The lowest BCUT2D eigenvalue weighted by molar-refractivity contribution is -0.121. The molecular weight excluding hydrogens is 390 g/mol. The number of hydrogen-bond donors (Lipinski definition) is 2. The van der Waals surface area contributed by atoms with Crippen LogP contribution in [0.4, 0.5) is 0 Å². The molecule has 0 aliphatic carbocycles. The van der Waals surface area contributed by atoms with E-state index in [1.54, 1.807) is 20.4 Å². The van der Waals surface area contributed by atoms with Crippen LogP contribution in [-0.4, -0.2) is 30.1 Å². The van der Waals surface area contributed by atoms with Gasteiger partial charge >= 0.3 is 0 Å². The Balaban J connectivity index is 1.51. The average molecular weight is 415 g/mol. The highest BCUT2D eigenvalue weighted by atomic mass is 16.5. The van der Waals surface area contributed by atoms with E-state index in [1.807, 2.05) is 48.5 Å². The summed E-state index contributed by atoms with van der Waals surface area (Å²) in [5.74, 6) is 1.32. The van der Waals surface area contributed by atoms with Crippen molar-refractivity contribution in [2.24, 2.45) is 0 Å². The van der Waals surface area contributed by atoms with Crippen molar-refractivity contribution in [3.05, 3.63) is 78.0 Å². The number of aromatic amines is 1. The molecule has 2 aromatic heterocycles. The summed E-state index contributed by atoms with van der Waals surface area (Å²) in [5, 5.41) is 4.11. The Morgan fingerprint density at radius 1 is 1.00 bits per heavy atom. The largest absolute Gasteiger partial charge is 0.497 e. The number of amides is 1. The molecule has 0 atom stereocenters. The molecule has 0 saturated heterocycles. The van der Waals surface area contributed by atoms with Crippen LogP contribution in [0, 0.1) is 0 Å². The Kier molecular flexibility index (Phi) is 6.17. The quantitative estimate of drug-likeness (QED) is 0.444. The fourth-order valence-electron chi connectivity index (χ4n) is 3.73. The number of nitrogens with zero attached hydrogens (tertiary/aromatic N) is 1. The summed E-state index contributed by atoms with van der Waals surface area (Å²) in [6.07, 6.45) is 2.68. The van der Waals surface area contributed by atoms with Gasteiger partial charge in [-0.25, -0.2) is 4.98 Å². The summed E-state index contributed by atoms with van der Waals surface area (Å²) < 4.78 is 10.5. The van der Waals surface area contributed by atoms with Gasteiger partial charge in [-0.05, 0) is 53.9 Å². The summed E-state index contributed by atoms with van der Waals surface area (Å²) in [6, 6.07) is 19.8. The molecule has 0 unspecified atom stereocenters. The smallest absolute Gasteiger partial charge is 0.220 e. The first-order chi connectivity index (χ1) is 15.2. The van der Waals surface area contributed by atoms with E-state index < -0.39 is 0 Å². The number of hydrogen-bond acceptors (Lipinski definition) is 4. The van der Waals surface area contributed by atoms with Gasteiger partial charge in [0.05, 0.1) is 14.2 Å². The SMILES string of the molecule is COc1ccc(-c2[nH]c3ccccc3c2CCC(=O)NCc2cccnc2OC)cc1. The molecule has 4 aromatic rings. The van der Waals surface area contributed by atoms with Gasteiger partial charge < -0.3 is 19.8 Å². The molecule has 0 bridgehead atoms. The van der Waals surface area contributed by atoms with Crippen molar-refractivity contribution in [3.8, 4) is 22.9 Å². The number of ether oxygens (including phenoxy) is 2. The van der Waals surface area contributed by atoms with Gasteiger partial charge in [0.1, 0.15) is 5.75 Å². The number of methoxy groups -OCH3 is 2. The molecule has 2 aromatic carbocycles. The van der Waals surface area contributed by atoms with Crippen LogP contribution in [0.3, 0.4) is 0 Å². The first-order valence-corrected chi connectivity index (χ1v) is 10.2. The molecule has 1 amide bonds. The zero-order valence-corrected chi connectivity index (χ0v) is 17.6. The molecule has 2 heterocycles. The van der Waals surface area contributed by atoms with E-state index in [0.29, 0.717) is 25.3 Å². The van der Waals surface area contributed by atoms with Crippen LogP contribution in [-0.2, 0) is 17.8 Å². The van der Waals surface area contributed by atoms with Crippen LogP contribution in [0.2, 0.25) is 0 Å². The molecular formula is C25H25N3O3. The molecule has 0 spiro atoms. The lowest BCUT2D eigenvalue weighted by Gasteiger charge is -2.09. The standard InChI is InChI=1S/C25H25N3O3/c1-30-19-11-9-17(10-12-19)24-21(20-7-3-4-8-22(20)28-24)13-14-23(29)27-16-18-6-5-15-26-25(18)31-2/h3-12,15,28H,13-14,16H2,1-2H3,(H,27,29). The second-order valence-electron chi connectivity index (χ2n) is 7.20. The molecule has 0 saturated carbocycles. The summed E-state index contributed by atoms with van der Waals surface area (Å²) in [5.41, 5.74) is 5.14. The fourth-order valence-corrected chi connectivity index (χ4v) is 3.73. The summed E-state index contributed by atoms with van der Waals surface area (Å²) in [6.45, 7) is 0.384. The van der Waals surface area contributed by atoms with E-state index in [9.17, 15) is 4.79 Å². The normalized spacial score (nSPS) is 10.8. The highest BCUT2D eigenvalue weighted by Crippen LogP contribution is 2.32. The first kappa shape index (κ1) is 20.5. The summed E-state index contributed by atoms with van der Waals surface area (Å²) >= 11 is 0. The minimum absolute atomic E-state index is 0.0168. The highest BCUT2D eigenvalue weighted by molar-refractivity contribution is 5.91. The average Bonchev–Trinajstić information content (AvgIpc) is 3.20. The number of carbonyl (C=O) groups is 1. The van der Waals surface area contributed by atoms with Crippen LogP contribution in [0.25, 0.3) is 22.2 Å². The lowest BCUT2D eigenvalue weighted by atomic mass is 10.0. The number of pyridine rings is 1.